The number of amides is 1. The predicted octanol–water partition coefficient (Wildman–Crippen LogP) is 3.56. The fraction of sp³-hybridized carbons (Fsp3) is 0.680. The molecule has 3 fully saturated rings. The van der Waals surface area contributed by atoms with Crippen LogP contribution in [0.2, 0.25) is 0 Å². The molecule has 2 N–H and O–H groups in total. The van der Waals surface area contributed by atoms with Crippen LogP contribution in [0.25, 0.3) is 10.1 Å². The molecule has 1 aromatic carbocycles. The molecule has 3 aliphatic rings. The van der Waals surface area contributed by atoms with Crippen LogP contribution in [-0.2, 0) is 4.79 Å². The number of anilines is 1. The van der Waals surface area contributed by atoms with Gasteiger partial charge in [0.2, 0.25) is 5.91 Å². The van der Waals surface area contributed by atoms with Crippen LogP contribution in [0.3, 0.4) is 0 Å². The van der Waals surface area contributed by atoms with Crippen LogP contribution in [0.4, 0.5) is 5.82 Å². The number of likely N-dealkylation sites (tertiary alicyclic amines) is 1. The van der Waals surface area contributed by atoms with E-state index in [1.807, 2.05) is 0 Å². The molecule has 1 saturated carbocycles. The Bertz CT molecular complexity index is 893. The molecular weight excluding hydrogens is 418 g/mol. The number of hydrogen-bond donors (Lipinski definition) is 1. The molecule has 1 amide bonds. The number of piperidine rings is 1. The molecule has 1 aromatic heterocycles. The molecule has 6 nitrogen and oxygen atoms in total. The second-order valence-electron chi connectivity index (χ2n) is 10.0. The van der Waals surface area contributed by atoms with Crippen LogP contribution >= 0.6 is 11.5 Å². The first-order valence-electron chi connectivity index (χ1n) is 12.5. The van der Waals surface area contributed by atoms with E-state index in [1.165, 1.54) is 54.6 Å². The number of piperazine rings is 1. The molecule has 174 valence electrons. The summed E-state index contributed by atoms with van der Waals surface area (Å²) in [6, 6.07) is 9.33. The summed E-state index contributed by atoms with van der Waals surface area (Å²) in [5.74, 6) is 2.07. The van der Waals surface area contributed by atoms with Gasteiger partial charge in [-0.05, 0) is 94.2 Å². The van der Waals surface area contributed by atoms with Gasteiger partial charge in [0.15, 0.2) is 0 Å². The topological polar surface area (TPSA) is 65.7 Å². The number of carbonyl (C=O) groups is 1. The summed E-state index contributed by atoms with van der Waals surface area (Å²) in [5, 5.41) is 1.31. The summed E-state index contributed by atoms with van der Waals surface area (Å²) < 4.78 is 6.03. The van der Waals surface area contributed by atoms with E-state index in [9.17, 15) is 4.79 Å². The van der Waals surface area contributed by atoms with Crippen molar-refractivity contribution in [3.8, 4) is 0 Å². The van der Waals surface area contributed by atoms with Crippen molar-refractivity contribution in [1.82, 2.24) is 14.2 Å². The number of nitrogens with zero attached hydrogens (tertiary/aromatic N) is 4. The largest absolute Gasteiger partial charge is 0.369 e. The van der Waals surface area contributed by atoms with Crippen molar-refractivity contribution < 1.29 is 4.79 Å². The van der Waals surface area contributed by atoms with Crippen LogP contribution < -0.4 is 10.6 Å². The highest BCUT2D eigenvalue weighted by atomic mass is 32.1. The summed E-state index contributed by atoms with van der Waals surface area (Å²) in [6.07, 6.45) is 8.65. The minimum absolute atomic E-state index is 0.103. The Morgan fingerprint density at radius 1 is 0.969 bits per heavy atom. The molecule has 1 aliphatic carbocycles. The lowest BCUT2D eigenvalue weighted by Crippen LogP contribution is -2.47. The minimum atomic E-state index is -0.103. The van der Waals surface area contributed by atoms with E-state index in [0.717, 1.165) is 64.1 Å². The van der Waals surface area contributed by atoms with Gasteiger partial charge in [0.1, 0.15) is 5.82 Å². The monoisotopic (exact) mass is 455 g/mol. The maximum absolute atomic E-state index is 11.4. The van der Waals surface area contributed by atoms with Crippen molar-refractivity contribution in [3.05, 3.63) is 24.3 Å². The van der Waals surface area contributed by atoms with Crippen molar-refractivity contribution >= 4 is 33.3 Å². The first kappa shape index (κ1) is 22.1. The van der Waals surface area contributed by atoms with Gasteiger partial charge < -0.3 is 15.5 Å². The number of primary amides is 1. The van der Waals surface area contributed by atoms with Crippen LogP contribution in [-0.4, -0.2) is 71.9 Å². The Kier molecular flexibility index (Phi) is 6.95. The van der Waals surface area contributed by atoms with Crippen LogP contribution in [0.15, 0.2) is 24.3 Å². The SMILES string of the molecule is NC(=O)C1CCN(C2CCC(CCN3CCN(c4nsc5ccccc45)CC3)CC2)CC1. The quantitative estimate of drug-likeness (QED) is 0.721. The zero-order valence-electron chi connectivity index (χ0n) is 19.1. The van der Waals surface area contributed by atoms with E-state index < -0.39 is 0 Å². The van der Waals surface area contributed by atoms with Gasteiger partial charge in [0.05, 0.1) is 4.70 Å². The van der Waals surface area contributed by atoms with E-state index in [0.29, 0.717) is 0 Å². The van der Waals surface area contributed by atoms with Crippen molar-refractivity contribution in [3.63, 3.8) is 0 Å². The van der Waals surface area contributed by atoms with Crippen LogP contribution in [0, 0.1) is 11.8 Å². The summed E-state index contributed by atoms with van der Waals surface area (Å²) in [5.41, 5.74) is 5.49. The highest BCUT2D eigenvalue weighted by molar-refractivity contribution is 7.13. The Morgan fingerprint density at radius 2 is 1.69 bits per heavy atom. The molecule has 0 atom stereocenters. The minimum Gasteiger partial charge on any atom is -0.369 e. The number of carbonyl (C=O) groups excluding carboxylic acids is 1. The molecule has 2 saturated heterocycles. The summed E-state index contributed by atoms with van der Waals surface area (Å²) in [7, 11) is 0. The average Bonchev–Trinajstić information content (AvgIpc) is 3.28. The number of nitrogens with two attached hydrogens (primary N) is 1. The molecule has 0 spiro atoms. The van der Waals surface area contributed by atoms with Gasteiger partial charge in [-0.25, -0.2) is 0 Å². The van der Waals surface area contributed by atoms with Gasteiger partial charge in [-0.15, -0.1) is 0 Å². The summed E-state index contributed by atoms with van der Waals surface area (Å²) in [6.45, 7) is 7.82. The Balaban J connectivity index is 1.02. The maximum Gasteiger partial charge on any atom is 0.220 e. The third kappa shape index (κ3) is 4.95. The molecule has 0 unspecified atom stereocenters. The number of aromatic nitrogens is 1. The maximum atomic E-state index is 11.4. The zero-order valence-corrected chi connectivity index (χ0v) is 19.9. The molecule has 5 rings (SSSR count). The molecular formula is C25H37N5OS. The van der Waals surface area contributed by atoms with Crippen molar-refractivity contribution in [1.29, 1.82) is 0 Å². The Morgan fingerprint density at radius 3 is 2.41 bits per heavy atom. The summed E-state index contributed by atoms with van der Waals surface area (Å²) in [4.78, 5) is 19.2. The Labute approximate surface area is 195 Å². The summed E-state index contributed by atoms with van der Waals surface area (Å²) >= 11 is 1.62. The first-order chi connectivity index (χ1) is 15.7. The molecule has 3 heterocycles. The Hall–Kier alpha value is -1.70. The first-order valence-corrected chi connectivity index (χ1v) is 13.3. The van der Waals surface area contributed by atoms with Gasteiger partial charge in [-0.3, -0.25) is 9.69 Å². The standard InChI is InChI=1S/C25H37N5OS/c26-24(31)20-10-13-29(14-11-20)21-7-5-19(6-8-21)9-12-28-15-17-30(18-16-28)25-22-3-1-2-4-23(22)32-27-25/h1-4,19-21H,5-18H2,(H2,26,31). The predicted molar refractivity (Wildman–Crippen MR) is 132 cm³/mol. The van der Waals surface area contributed by atoms with Gasteiger partial charge >= 0.3 is 0 Å². The van der Waals surface area contributed by atoms with Gasteiger partial charge in [0, 0.05) is 43.5 Å². The third-order valence-electron chi connectivity index (χ3n) is 8.15. The van der Waals surface area contributed by atoms with Gasteiger partial charge in [-0.2, -0.15) is 4.37 Å². The fourth-order valence-electron chi connectivity index (χ4n) is 6.00. The molecule has 2 aliphatic heterocycles. The van der Waals surface area contributed by atoms with E-state index in [2.05, 4.69) is 39.0 Å². The van der Waals surface area contributed by atoms with Crippen molar-refractivity contribution in [2.75, 3.05) is 50.7 Å². The molecule has 7 heteroatoms. The fourth-order valence-corrected chi connectivity index (χ4v) is 6.79. The smallest absolute Gasteiger partial charge is 0.220 e. The van der Waals surface area contributed by atoms with Crippen LogP contribution in [0.5, 0.6) is 0 Å². The van der Waals surface area contributed by atoms with Gasteiger partial charge in [0.25, 0.3) is 0 Å². The van der Waals surface area contributed by atoms with Crippen LogP contribution in [0.1, 0.15) is 44.9 Å². The van der Waals surface area contributed by atoms with E-state index in [4.69, 9.17) is 10.1 Å². The van der Waals surface area contributed by atoms with Crippen molar-refractivity contribution in [2.24, 2.45) is 17.6 Å². The molecule has 32 heavy (non-hydrogen) atoms. The highest BCUT2D eigenvalue weighted by Gasteiger charge is 2.30. The van der Waals surface area contributed by atoms with E-state index in [1.54, 1.807) is 11.5 Å². The van der Waals surface area contributed by atoms with E-state index in [-0.39, 0.29) is 11.8 Å². The van der Waals surface area contributed by atoms with Crippen molar-refractivity contribution in [2.45, 2.75) is 51.0 Å². The van der Waals surface area contributed by atoms with E-state index >= 15 is 0 Å². The third-order valence-corrected chi connectivity index (χ3v) is 8.97. The molecule has 0 bridgehead atoms. The number of hydrogen-bond acceptors (Lipinski definition) is 6. The number of benzene rings is 1. The second-order valence-corrected chi connectivity index (χ2v) is 10.8. The number of rotatable bonds is 6. The lowest BCUT2D eigenvalue weighted by molar-refractivity contribution is -0.123. The average molecular weight is 456 g/mol. The normalized spacial score (nSPS) is 26.6. The highest BCUT2D eigenvalue weighted by Crippen LogP contribution is 2.33. The lowest BCUT2D eigenvalue weighted by Gasteiger charge is -2.41. The van der Waals surface area contributed by atoms with Gasteiger partial charge in [-0.1, -0.05) is 12.1 Å². The second kappa shape index (κ2) is 10.1. The lowest BCUT2D eigenvalue weighted by atomic mass is 9.82. The number of fused-ring (bicyclic) bond motifs is 1. The molecule has 0 radical (unpaired) electrons. The zero-order chi connectivity index (χ0) is 21.9. The molecule has 2 aromatic rings.